The number of carbonyl (C=O) groups excluding carboxylic acids is 2. The van der Waals surface area contributed by atoms with Crippen LogP contribution in [0.4, 0.5) is 11.4 Å². The highest BCUT2D eigenvalue weighted by molar-refractivity contribution is 6.51. The highest BCUT2D eigenvalue weighted by Gasteiger charge is 2.47. The normalized spacial score (nSPS) is 19.4. The number of Topliss-reactive ketones (excluding diaryl/α,β-unsaturated/α-hetero) is 1. The van der Waals surface area contributed by atoms with Gasteiger partial charge in [-0.15, -0.1) is 0 Å². The Morgan fingerprint density at radius 2 is 1.82 bits per heavy atom. The lowest BCUT2D eigenvalue weighted by atomic mass is 9.95. The predicted octanol–water partition coefficient (Wildman–Crippen LogP) is 4.19. The van der Waals surface area contributed by atoms with Gasteiger partial charge in [0.25, 0.3) is 11.7 Å². The lowest BCUT2D eigenvalue weighted by molar-refractivity contribution is -0.132. The topological polar surface area (TPSA) is 83.0 Å². The number of aliphatic hydroxyl groups is 1. The molecule has 0 bridgehead atoms. The van der Waals surface area contributed by atoms with Crippen LogP contribution in [0.5, 0.6) is 5.75 Å². The SMILES string of the molecule is CN1CCOc2ccc(/C(O)=C3/C(=O)C(=O)N(c4ccc(Cl)cc4)C3c3ccncc3)cc21. The second kappa shape index (κ2) is 8.26. The molecule has 2 aliphatic rings. The number of ketones is 1. The van der Waals surface area contributed by atoms with Gasteiger partial charge in [-0.25, -0.2) is 0 Å². The molecule has 0 radical (unpaired) electrons. The Bertz CT molecular complexity index is 1270. The summed E-state index contributed by atoms with van der Waals surface area (Å²) in [6, 6.07) is 14.5. The standard InChI is InChI=1S/C25H20ClN3O4/c1-28-12-13-33-20-7-2-16(14-19(20)28)23(30)21-22(15-8-10-27-11-9-15)29(25(32)24(21)31)18-5-3-17(26)4-6-18/h2-11,14,22,30H,12-13H2,1H3/b23-21-. The van der Waals surface area contributed by atoms with Gasteiger partial charge in [-0.2, -0.15) is 0 Å². The van der Waals surface area contributed by atoms with Crippen molar-refractivity contribution in [3.8, 4) is 5.75 Å². The number of amides is 1. The second-order valence-corrected chi connectivity index (χ2v) is 8.32. The Morgan fingerprint density at radius 1 is 1.09 bits per heavy atom. The number of carbonyl (C=O) groups is 2. The molecule has 1 amide bonds. The molecule has 1 saturated heterocycles. The monoisotopic (exact) mass is 461 g/mol. The fourth-order valence-corrected chi connectivity index (χ4v) is 4.34. The van der Waals surface area contributed by atoms with E-state index in [0.717, 1.165) is 5.69 Å². The third-order valence-corrected chi connectivity index (χ3v) is 6.15. The molecule has 166 valence electrons. The minimum absolute atomic E-state index is 0.0143. The van der Waals surface area contributed by atoms with Gasteiger partial charge in [0.1, 0.15) is 18.1 Å². The molecule has 0 aliphatic carbocycles. The van der Waals surface area contributed by atoms with Crippen LogP contribution in [0.15, 0.2) is 72.6 Å². The van der Waals surface area contributed by atoms with Crippen LogP contribution in [0, 0.1) is 0 Å². The summed E-state index contributed by atoms with van der Waals surface area (Å²) in [5, 5.41) is 11.8. The molecule has 0 spiro atoms. The van der Waals surface area contributed by atoms with Gasteiger partial charge in [0.2, 0.25) is 0 Å². The van der Waals surface area contributed by atoms with E-state index in [2.05, 4.69) is 4.98 Å². The van der Waals surface area contributed by atoms with Gasteiger partial charge in [-0.3, -0.25) is 19.5 Å². The third kappa shape index (κ3) is 3.60. The second-order valence-electron chi connectivity index (χ2n) is 7.88. The molecule has 1 N–H and O–H groups in total. The minimum Gasteiger partial charge on any atom is -0.507 e. The molecular formula is C25H20ClN3O4. The van der Waals surface area contributed by atoms with Gasteiger partial charge in [-0.05, 0) is 60.2 Å². The molecule has 3 aromatic rings. The van der Waals surface area contributed by atoms with Crippen molar-refractivity contribution in [1.29, 1.82) is 0 Å². The van der Waals surface area contributed by atoms with Crippen LogP contribution in [0.2, 0.25) is 5.02 Å². The molecule has 0 saturated carbocycles. The average molecular weight is 462 g/mol. The summed E-state index contributed by atoms with van der Waals surface area (Å²) >= 11 is 6.02. The molecule has 1 aromatic heterocycles. The third-order valence-electron chi connectivity index (χ3n) is 5.90. The number of ether oxygens (including phenoxy) is 1. The van der Waals surface area contributed by atoms with Crippen LogP contribution in [-0.2, 0) is 9.59 Å². The lowest BCUT2D eigenvalue weighted by Crippen LogP contribution is -2.29. The summed E-state index contributed by atoms with van der Waals surface area (Å²) in [5.41, 5.74) is 2.40. The molecule has 2 aromatic carbocycles. The van der Waals surface area contributed by atoms with E-state index < -0.39 is 17.7 Å². The molecule has 1 fully saturated rings. The van der Waals surface area contributed by atoms with Gasteiger partial charge in [0.15, 0.2) is 0 Å². The fourth-order valence-electron chi connectivity index (χ4n) is 4.22. The maximum Gasteiger partial charge on any atom is 0.300 e. The van der Waals surface area contributed by atoms with Crippen molar-refractivity contribution in [2.75, 3.05) is 30.0 Å². The molecule has 5 rings (SSSR count). The number of likely N-dealkylation sites (N-methyl/N-ethyl adjacent to an activating group) is 1. The van der Waals surface area contributed by atoms with Gasteiger partial charge in [0.05, 0.1) is 23.8 Å². The highest BCUT2D eigenvalue weighted by atomic mass is 35.5. The maximum atomic E-state index is 13.2. The summed E-state index contributed by atoms with van der Waals surface area (Å²) < 4.78 is 5.68. The van der Waals surface area contributed by atoms with E-state index in [9.17, 15) is 14.7 Å². The Labute approximate surface area is 195 Å². The molecular weight excluding hydrogens is 442 g/mol. The van der Waals surface area contributed by atoms with Crippen LogP contribution in [-0.4, -0.2) is 42.0 Å². The Balaban J connectivity index is 1.69. The minimum atomic E-state index is -0.820. The number of halogens is 1. The van der Waals surface area contributed by atoms with Gasteiger partial charge < -0.3 is 14.7 Å². The first-order valence-electron chi connectivity index (χ1n) is 10.4. The first-order chi connectivity index (χ1) is 16.0. The fraction of sp³-hybridized carbons (Fsp3) is 0.160. The van der Waals surface area contributed by atoms with Crippen LogP contribution >= 0.6 is 11.6 Å². The number of hydrogen-bond donors (Lipinski definition) is 1. The molecule has 1 unspecified atom stereocenters. The number of pyridine rings is 1. The van der Waals surface area contributed by atoms with Crippen molar-refractivity contribution in [2.24, 2.45) is 0 Å². The summed E-state index contributed by atoms with van der Waals surface area (Å²) in [6.07, 6.45) is 3.17. The van der Waals surface area contributed by atoms with Gasteiger partial charge >= 0.3 is 0 Å². The summed E-state index contributed by atoms with van der Waals surface area (Å²) in [7, 11) is 1.93. The number of nitrogens with zero attached hydrogens (tertiary/aromatic N) is 3. The molecule has 3 heterocycles. The number of rotatable bonds is 3. The average Bonchev–Trinajstić information content (AvgIpc) is 3.10. The molecule has 7 nitrogen and oxygen atoms in total. The van der Waals surface area contributed by atoms with Crippen LogP contribution < -0.4 is 14.5 Å². The van der Waals surface area contributed by atoms with Crippen molar-refractivity contribution < 1.29 is 19.4 Å². The van der Waals surface area contributed by atoms with E-state index in [-0.39, 0.29) is 11.3 Å². The maximum absolute atomic E-state index is 13.2. The summed E-state index contributed by atoms with van der Waals surface area (Å²) in [5.74, 6) is -1.02. The number of benzene rings is 2. The van der Waals surface area contributed by atoms with Crippen molar-refractivity contribution in [1.82, 2.24) is 4.98 Å². The van der Waals surface area contributed by atoms with E-state index in [1.54, 1.807) is 67.0 Å². The van der Waals surface area contributed by atoms with Crippen LogP contribution in [0.25, 0.3) is 5.76 Å². The van der Waals surface area contributed by atoms with Crippen molar-refractivity contribution in [3.05, 3.63) is 88.7 Å². The zero-order chi connectivity index (χ0) is 23.1. The smallest absolute Gasteiger partial charge is 0.300 e. The van der Waals surface area contributed by atoms with Crippen molar-refractivity contribution >= 4 is 40.4 Å². The first kappa shape index (κ1) is 21.0. The number of aromatic nitrogens is 1. The van der Waals surface area contributed by atoms with E-state index in [1.807, 2.05) is 11.9 Å². The van der Waals surface area contributed by atoms with E-state index in [4.69, 9.17) is 16.3 Å². The molecule has 1 atom stereocenters. The largest absolute Gasteiger partial charge is 0.507 e. The van der Waals surface area contributed by atoms with E-state index >= 15 is 0 Å². The Hall–Kier alpha value is -3.84. The summed E-state index contributed by atoms with van der Waals surface area (Å²) in [6.45, 7) is 1.28. The number of anilines is 2. The number of fused-ring (bicyclic) bond motifs is 1. The van der Waals surface area contributed by atoms with Crippen LogP contribution in [0.1, 0.15) is 17.2 Å². The van der Waals surface area contributed by atoms with E-state index in [0.29, 0.717) is 40.7 Å². The van der Waals surface area contributed by atoms with Crippen LogP contribution in [0.3, 0.4) is 0 Å². The predicted molar refractivity (Wildman–Crippen MR) is 126 cm³/mol. The van der Waals surface area contributed by atoms with Crippen molar-refractivity contribution in [3.63, 3.8) is 0 Å². The Kier molecular flexibility index (Phi) is 5.26. The first-order valence-corrected chi connectivity index (χ1v) is 10.8. The van der Waals surface area contributed by atoms with E-state index in [1.165, 1.54) is 4.90 Å². The summed E-state index contributed by atoms with van der Waals surface area (Å²) in [4.78, 5) is 33.8. The zero-order valence-electron chi connectivity index (χ0n) is 17.7. The highest BCUT2D eigenvalue weighted by Crippen LogP contribution is 2.43. The number of aliphatic hydroxyl groups excluding tert-OH is 1. The Morgan fingerprint density at radius 3 is 2.55 bits per heavy atom. The molecule has 33 heavy (non-hydrogen) atoms. The zero-order valence-corrected chi connectivity index (χ0v) is 18.5. The van der Waals surface area contributed by atoms with Crippen molar-refractivity contribution in [2.45, 2.75) is 6.04 Å². The van der Waals surface area contributed by atoms with Gasteiger partial charge in [-0.1, -0.05) is 11.6 Å². The lowest BCUT2D eigenvalue weighted by Gasteiger charge is -2.28. The molecule has 8 heteroatoms. The quantitative estimate of drug-likeness (QED) is 0.358. The van der Waals surface area contributed by atoms with Gasteiger partial charge in [0, 0.05) is 35.7 Å². The number of hydrogen-bond acceptors (Lipinski definition) is 6. The molecule has 2 aliphatic heterocycles.